The highest BCUT2D eigenvalue weighted by Gasteiger charge is 2.18. The molecule has 24 heavy (non-hydrogen) atoms. The zero-order valence-electron chi connectivity index (χ0n) is 14.7. The highest BCUT2D eigenvalue weighted by molar-refractivity contribution is 6.04. The average molecular weight is 330 g/mol. The minimum atomic E-state index is -0.489. The molecule has 0 saturated heterocycles. The highest BCUT2D eigenvalue weighted by Crippen LogP contribution is 2.22. The first-order valence-electron chi connectivity index (χ1n) is 8.36. The molecule has 0 saturated carbocycles. The Bertz CT molecular complexity index is 626. The molecule has 1 aromatic rings. The van der Waals surface area contributed by atoms with Gasteiger partial charge in [-0.05, 0) is 26.3 Å². The van der Waals surface area contributed by atoms with Crippen molar-refractivity contribution in [3.05, 3.63) is 53.1 Å². The van der Waals surface area contributed by atoms with Crippen molar-refractivity contribution in [1.82, 2.24) is 0 Å². The third-order valence-electron chi connectivity index (χ3n) is 3.60. The van der Waals surface area contributed by atoms with Crippen molar-refractivity contribution in [3.63, 3.8) is 0 Å². The Kier molecular flexibility index (Phi) is 8.55. The number of esters is 1. The molecule has 0 unspecified atom stereocenters. The van der Waals surface area contributed by atoms with Crippen molar-refractivity contribution < 1.29 is 19.4 Å². The second kappa shape index (κ2) is 10.4. The minimum absolute atomic E-state index is 0.167. The number of carbonyl (C=O) groups excluding carboxylic acids is 2. The van der Waals surface area contributed by atoms with Crippen LogP contribution < -0.4 is 0 Å². The van der Waals surface area contributed by atoms with Crippen LogP contribution in [0.5, 0.6) is 0 Å². The van der Waals surface area contributed by atoms with E-state index in [-0.39, 0.29) is 22.7 Å². The summed E-state index contributed by atoms with van der Waals surface area (Å²) in [6, 6.07) is 6.60. The van der Waals surface area contributed by atoms with Crippen LogP contribution in [0.1, 0.15) is 62.4 Å². The molecule has 4 nitrogen and oxygen atoms in total. The summed E-state index contributed by atoms with van der Waals surface area (Å²) in [5.74, 6) is -0.968. The van der Waals surface area contributed by atoms with Crippen LogP contribution in [0.4, 0.5) is 0 Å². The number of ketones is 1. The van der Waals surface area contributed by atoms with Gasteiger partial charge in [0.2, 0.25) is 0 Å². The molecule has 1 rings (SSSR count). The zero-order valence-corrected chi connectivity index (χ0v) is 14.7. The molecule has 0 bridgehead atoms. The predicted molar refractivity (Wildman–Crippen MR) is 95.9 cm³/mol. The molecule has 0 atom stereocenters. The van der Waals surface area contributed by atoms with Crippen LogP contribution in [0.15, 0.2) is 42.0 Å². The number of carbonyl (C=O) groups is 2. The molecule has 0 spiro atoms. The lowest BCUT2D eigenvalue weighted by Crippen LogP contribution is -2.10. The van der Waals surface area contributed by atoms with Gasteiger partial charge >= 0.3 is 5.97 Å². The Hall–Kier alpha value is -2.36. The summed E-state index contributed by atoms with van der Waals surface area (Å²) in [6.45, 7) is 5.60. The number of ether oxygens (including phenoxy) is 1. The molecule has 0 heterocycles. The average Bonchev–Trinajstić information content (AvgIpc) is 2.58. The number of benzene rings is 1. The van der Waals surface area contributed by atoms with Gasteiger partial charge in [0.1, 0.15) is 5.76 Å². The van der Waals surface area contributed by atoms with Gasteiger partial charge in [0.15, 0.2) is 5.78 Å². The van der Waals surface area contributed by atoms with Gasteiger partial charge in [-0.1, -0.05) is 56.5 Å². The van der Waals surface area contributed by atoms with Gasteiger partial charge < -0.3 is 9.84 Å². The van der Waals surface area contributed by atoms with Gasteiger partial charge in [-0.25, -0.2) is 4.79 Å². The lowest BCUT2D eigenvalue weighted by Gasteiger charge is -2.11. The number of hydrogen-bond donors (Lipinski definition) is 1. The fraction of sp³-hybridized carbons (Fsp3) is 0.400. The molecule has 130 valence electrons. The molecule has 1 aromatic carbocycles. The largest absolute Gasteiger partial charge is 0.507 e. The van der Waals surface area contributed by atoms with Gasteiger partial charge in [0.25, 0.3) is 0 Å². The van der Waals surface area contributed by atoms with E-state index in [4.69, 9.17) is 4.74 Å². The number of aliphatic hydroxyl groups is 1. The molecular weight excluding hydrogens is 304 g/mol. The molecule has 0 aromatic heterocycles. The smallest absolute Gasteiger partial charge is 0.338 e. The van der Waals surface area contributed by atoms with Crippen LogP contribution >= 0.6 is 0 Å². The first-order chi connectivity index (χ1) is 11.5. The molecule has 1 N–H and O–H groups in total. The van der Waals surface area contributed by atoms with E-state index in [0.29, 0.717) is 12.2 Å². The van der Waals surface area contributed by atoms with Gasteiger partial charge in [-0.15, -0.1) is 0 Å². The van der Waals surface area contributed by atoms with Gasteiger partial charge in [0, 0.05) is 5.56 Å². The van der Waals surface area contributed by atoms with Crippen molar-refractivity contribution in [3.8, 4) is 0 Å². The third kappa shape index (κ3) is 5.69. The number of Topliss-reactive ketones (excluding diaryl/α,β-unsaturated/α-hetero) is 1. The predicted octanol–water partition coefficient (Wildman–Crippen LogP) is 4.86. The maximum absolute atomic E-state index is 12.3. The maximum Gasteiger partial charge on any atom is 0.338 e. The topological polar surface area (TPSA) is 63.6 Å². The van der Waals surface area contributed by atoms with Crippen molar-refractivity contribution >= 4 is 17.5 Å². The second-order valence-corrected chi connectivity index (χ2v) is 5.56. The quantitative estimate of drug-likeness (QED) is 0.231. The van der Waals surface area contributed by atoms with E-state index in [1.165, 1.54) is 13.0 Å². The Morgan fingerprint density at radius 1 is 1.12 bits per heavy atom. The summed E-state index contributed by atoms with van der Waals surface area (Å²) in [4.78, 5) is 24.0. The lowest BCUT2D eigenvalue weighted by molar-refractivity contribution is -0.113. The van der Waals surface area contributed by atoms with E-state index in [1.807, 2.05) is 0 Å². The monoisotopic (exact) mass is 330 g/mol. The number of rotatable bonds is 9. The van der Waals surface area contributed by atoms with Crippen LogP contribution in [0.3, 0.4) is 0 Å². The van der Waals surface area contributed by atoms with E-state index in [1.54, 1.807) is 37.3 Å². The van der Waals surface area contributed by atoms with Crippen molar-refractivity contribution in [2.45, 2.75) is 46.5 Å². The van der Waals surface area contributed by atoms with Gasteiger partial charge in [0.05, 0.1) is 17.7 Å². The van der Waals surface area contributed by atoms with Crippen LogP contribution in [0, 0.1) is 0 Å². The maximum atomic E-state index is 12.3. The molecular formula is C20H26O4. The molecule has 0 fully saturated rings. The Morgan fingerprint density at radius 2 is 1.79 bits per heavy atom. The first kappa shape index (κ1) is 19.7. The molecule has 0 aliphatic carbocycles. The standard InChI is InChI=1S/C20H26O4/c1-4-6-7-10-14-24-20(23)18-13-9-8-12-17(18)19(22)16(11-5-2)15(3)21/h5,8-9,11-13,22H,4,6-7,10,14H2,1-3H3/b11-5-,19-16?. The highest BCUT2D eigenvalue weighted by atomic mass is 16.5. The van der Waals surface area contributed by atoms with E-state index < -0.39 is 5.97 Å². The molecule has 0 amide bonds. The number of unbranched alkanes of at least 4 members (excludes halogenated alkanes) is 3. The number of allylic oxidation sites excluding steroid dienone is 3. The van der Waals surface area contributed by atoms with Crippen LogP contribution in [-0.2, 0) is 9.53 Å². The van der Waals surface area contributed by atoms with Gasteiger partial charge in [-0.2, -0.15) is 0 Å². The van der Waals surface area contributed by atoms with E-state index in [2.05, 4.69) is 6.92 Å². The van der Waals surface area contributed by atoms with Crippen molar-refractivity contribution in [2.75, 3.05) is 6.61 Å². The lowest BCUT2D eigenvalue weighted by atomic mass is 10.0. The van der Waals surface area contributed by atoms with E-state index >= 15 is 0 Å². The third-order valence-corrected chi connectivity index (χ3v) is 3.60. The Balaban J connectivity index is 3.01. The Morgan fingerprint density at radius 3 is 2.38 bits per heavy atom. The van der Waals surface area contributed by atoms with Gasteiger partial charge in [-0.3, -0.25) is 4.79 Å². The summed E-state index contributed by atoms with van der Waals surface area (Å²) in [6.07, 6.45) is 7.27. The summed E-state index contributed by atoms with van der Waals surface area (Å²) in [7, 11) is 0. The SMILES string of the molecule is C/C=C\C(C(C)=O)=C(O)c1ccccc1C(=O)OCCCCCC. The van der Waals surface area contributed by atoms with Crippen LogP contribution in [-0.4, -0.2) is 23.5 Å². The van der Waals surface area contributed by atoms with Crippen LogP contribution in [0.2, 0.25) is 0 Å². The Labute approximate surface area is 143 Å². The molecule has 4 heteroatoms. The zero-order chi connectivity index (χ0) is 17.9. The molecule has 0 radical (unpaired) electrons. The summed E-state index contributed by atoms with van der Waals surface area (Å²) in [5, 5.41) is 10.5. The summed E-state index contributed by atoms with van der Waals surface area (Å²) < 4.78 is 5.29. The summed E-state index contributed by atoms with van der Waals surface area (Å²) >= 11 is 0. The van der Waals surface area contributed by atoms with Crippen molar-refractivity contribution in [1.29, 1.82) is 0 Å². The fourth-order valence-corrected chi connectivity index (χ4v) is 2.31. The number of hydrogen-bond acceptors (Lipinski definition) is 4. The van der Waals surface area contributed by atoms with Crippen LogP contribution in [0.25, 0.3) is 5.76 Å². The summed E-state index contributed by atoms with van der Waals surface area (Å²) in [5.41, 5.74) is 0.730. The fourth-order valence-electron chi connectivity index (χ4n) is 2.31. The second-order valence-electron chi connectivity index (χ2n) is 5.56. The number of aliphatic hydroxyl groups excluding tert-OH is 1. The minimum Gasteiger partial charge on any atom is -0.507 e. The van der Waals surface area contributed by atoms with E-state index in [9.17, 15) is 14.7 Å². The van der Waals surface area contributed by atoms with Crippen molar-refractivity contribution in [2.24, 2.45) is 0 Å². The molecule has 0 aliphatic heterocycles. The molecule has 0 aliphatic rings. The normalized spacial score (nSPS) is 12.1. The van der Waals surface area contributed by atoms with E-state index in [0.717, 1.165) is 25.7 Å². The first-order valence-corrected chi connectivity index (χ1v) is 8.36.